The average Bonchev–Trinajstić information content (AvgIpc) is 2.87. The summed E-state index contributed by atoms with van der Waals surface area (Å²) in [6.45, 7) is 0. The van der Waals surface area contributed by atoms with Crippen LogP contribution < -0.4 is 4.74 Å². The number of thioether (sulfide) groups is 2. The molecule has 1 aromatic heterocycles. The zero-order valence-electron chi connectivity index (χ0n) is 9.49. The lowest BCUT2D eigenvalue weighted by Crippen LogP contribution is -1.85. The quantitative estimate of drug-likeness (QED) is 0.364. The molecule has 0 aliphatic rings. The lowest BCUT2D eigenvalue weighted by atomic mass is 10.1. The van der Waals surface area contributed by atoms with Gasteiger partial charge in [-0.05, 0) is 23.9 Å². The van der Waals surface area contributed by atoms with Gasteiger partial charge >= 0.3 is 0 Å². The second-order valence-corrected chi connectivity index (χ2v) is 5.77. The molecule has 7 heteroatoms. The molecule has 2 aromatic rings. The van der Waals surface area contributed by atoms with E-state index in [4.69, 9.17) is 10.00 Å². The molecule has 1 heterocycles. The van der Waals surface area contributed by atoms with Gasteiger partial charge in [0.15, 0.2) is 0 Å². The van der Waals surface area contributed by atoms with Gasteiger partial charge in [0.2, 0.25) is 0 Å². The van der Waals surface area contributed by atoms with Crippen LogP contribution in [0.15, 0.2) is 29.3 Å². The van der Waals surface area contributed by atoms with Crippen LogP contribution in [-0.4, -0.2) is 20.9 Å². The smallest absolute Gasteiger partial charge is 0.139 e. The van der Waals surface area contributed by atoms with Crippen molar-refractivity contribution < 1.29 is 4.74 Å². The van der Waals surface area contributed by atoms with Crippen LogP contribution >= 0.6 is 35.3 Å². The monoisotopic (exact) mass is 295 g/mol. The number of hydrogen-bond acceptors (Lipinski definition) is 7. The zero-order chi connectivity index (χ0) is 12.8. The van der Waals surface area contributed by atoms with Crippen LogP contribution in [0.4, 0.5) is 0 Å². The van der Waals surface area contributed by atoms with Crippen molar-refractivity contribution in [3.05, 3.63) is 24.3 Å². The van der Waals surface area contributed by atoms with Gasteiger partial charge in [-0.3, -0.25) is 0 Å². The van der Waals surface area contributed by atoms with E-state index >= 15 is 0 Å². The molecule has 0 aliphatic heterocycles. The molecule has 0 saturated carbocycles. The highest BCUT2D eigenvalue weighted by Gasteiger charge is 2.11. The Morgan fingerprint density at radius 3 is 3.11 bits per heavy atom. The molecule has 0 saturated heterocycles. The van der Waals surface area contributed by atoms with Crippen LogP contribution in [0.25, 0.3) is 11.3 Å². The largest absolute Gasteiger partial charge is 0.497 e. The molecule has 0 N–H and O–H groups in total. The molecule has 0 aliphatic carbocycles. The minimum Gasteiger partial charge on any atom is -0.497 e. The number of benzene rings is 1. The molecule has 0 bridgehead atoms. The van der Waals surface area contributed by atoms with Gasteiger partial charge in [-0.25, -0.2) is 0 Å². The van der Waals surface area contributed by atoms with Crippen LogP contribution in [0.1, 0.15) is 0 Å². The molecule has 0 atom stereocenters. The first-order chi connectivity index (χ1) is 8.85. The molecular formula is C11H9N3OS3. The van der Waals surface area contributed by atoms with Gasteiger partial charge < -0.3 is 4.74 Å². The first-order valence-electron chi connectivity index (χ1n) is 4.96. The molecule has 18 heavy (non-hydrogen) atoms. The molecule has 0 unspecified atom stereocenters. The van der Waals surface area contributed by atoms with Crippen LogP contribution in [-0.2, 0) is 0 Å². The Hall–Kier alpha value is -1.23. The third kappa shape index (κ3) is 3.16. The van der Waals surface area contributed by atoms with Crippen LogP contribution in [0.3, 0.4) is 0 Å². The summed E-state index contributed by atoms with van der Waals surface area (Å²) in [4.78, 5) is 0. The van der Waals surface area contributed by atoms with Gasteiger partial charge in [0.1, 0.15) is 21.9 Å². The third-order valence-electron chi connectivity index (χ3n) is 2.12. The van der Waals surface area contributed by atoms with E-state index in [2.05, 4.69) is 8.75 Å². The van der Waals surface area contributed by atoms with Crippen molar-refractivity contribution >= 4 is 35.3 Å². The maximum Gasteiger partial charge on any atom is 0.139 e. The molecule has 0 spiro atoms. The molecule has 0 amide bonds. The fraction of sp³-hybridized carbons (Fsp3) is 0.182. The summed E-state index contributed by atoms with van der Waals surface area (Å²) in [5.74, 6) is 0.794. The van der Waals surface area contributed by atoms with Crippen molar-refractivity contribution in [3.8, 4) is 22.4 Å². The molecule has 92 valence electrons. The van der Waals surface area contributed by atoms with Crippen molar-refractivity contribution in [2.45, 2.75) is 5.03 Å². The lowest BCUT2D eigenvalue weighted by Gasteiger charge is -2.03. The number of ether oxygens (including phenoxy) is 1. The maximum atomic E-state index is 8.50. The van der Waals surface area contributed by atoms with E-state index in [9.17, 15) is 0 Å². The molecule has 1 aromatic carbocycles. The first kappa shape index (κ1) is 13.2. The van der Waals surface area contributed by atoms with E-state index in [0.29, 0.717) is 5.08 Å². The zero-order valence-corrected chi connectivity index (χ0v) is 11.9. The van der Waals surface area contributed by atoms with Gasteiger partial charge in [0.25, 0.3) is 0 Å². The molecule has 0 radical (unpaired) electrons. The highest BCUT2D eigenvalue weighted by atomic mass is 32.2. The fourth-order valence-electron chi connectivity index (χ4n) is 1.33. The number of hydrogen-bond donors (Lipinski definition) is 0. The molecule has 0 fully saturated rings. The summed E-state index contributed by atoms with van der Waals surface area (Å²) >= 11 is 3.90. The predicted molar refractivity (Wildman–Crippen MR) is 75.8 cm³/mol. The Balaban J connectivity index is 2.22. The topological polar surface area (TPSA) is 58.8 Å². The fourth-order valence-corrected chi connectivity index (χ4v) is 3.37. The van der Waals surface area contributed by atoms with Gasteiger partial charge in [-0.1, -0.05) is 23.9 Å². The van der Waals surface area contributed by atoms with Crippen molar-refractivity contribution in [2.75, 3.05) is 12.2 Å². The van der Waals surface area contributed by atoms with E-state index in [-0.39, 0.29) is 0 Å². The summed E-state index contributed by atoms with van der Waals surface area (Å²) in [5, 5.41) is 12.0. The van der Waals surface area contributed by atoms with Crippen molar-refractivity contribution in [1.82, 2.24) is 8.75 Å². The third-order valence-corrected chi connectivity index (χ3v) is 4.39. The highest BCUT2D eigenvalue weighted by molar-refractivity contribution is 8.18. The standard InChI is InChI=1S/C11H9N3OS3/c1-15-9-4-2-3-8(5-9)10-11(14-18-13-10)17-7-16-6-12/h2-5H,7H2,1H3. The number of thiocyanates is 1. The first-order valence-corrected chi connectivity index (χ1v) is 7.66. The van der Waals surface area contributed by atoms with Crippen LogP contribution in [0.5, 0.6) is 5.75 Å². The Kier molecular flexibility index (Phi) is 4.87. The maximum absolute atomic E-state index is 8.50. The predicted octanol–water partition coefficient (Wildman–Crippen LogP) is 3.48. The minimum atomic E-state index is 0.652. The van der Waals surface area contributed by atoms with Crippen LogP contribution in [0, 0.1) is 10.7 Å². The normalized spacial score (nSPS) is 10.0. The van der Waals surface area contributed by atoms with Crippen molar-refractivity contribution in [3.63, 3.8) is 0 Å². The average molecular weight is 295 g/mol. The number of aromatic nitrogens is 2. The van der Waals surface area contributed by atoms with Gasteiger partial charge in [0, 0.05) is 5.56 Å². The number of rotatable bonds is 5. The summed E-state index contributed by atoms with van der Waals surface area (Å²) < 4.78 is 13.7. The minimum absolute atomic E-state index is 0.652. The number of nitriles is 1. The van der Waals surface area contributed by atoms with E-state index in [1.807, 2.05) is 29.7 Å². The van der Waals surface area contributed by atoms with Crippen molar-refractivity contribution in [2.24, 2.45) is 0 Å². The second kappa shape index (κ2) is 6.64. The Bertz CT molecular complexity index is 565. The second-order valence-electron chi connectivity index (χ2n) is 3.15. The molecular weight excluding hydrogens is 286 g/mol. The van der Waals surface area contributed by atoms with E-state index in [1.165, 1.54) is 35.3 Å². The highest BCUT2D eigenvalue weighted by Crippen LogP contribution is 2.32. The summed E-state index contributed by atoms with van der Waals surface area (Å²) in [6.07, 6.45) is 0. The van der Waals surface area contributed by atoms with Crippen molar-refractivity contribution in [1.29, 1.82) is 5.26 Å². The summed E-state index contributed by atoms with van der Waals surface area (Å²) in [5.41, 5.74) is 1.83. The SMILES string of the molecule is COc1cccc(-c2nsnc2SCSC#N)c1. The molecule has 2 rings (SSSR count). The van der Waals surface area contributed by atoms with Gasteiger partial charge in [0.05, 0.1) is 23.9 Å². The lowest BCUT2D eigenvalue weighted by molar-refractivity contribution is 0.415. The van der Waals surface area contributed by atoms with Gasteiger partial charge in [-0.2, -0.15) is 14.0 Å². The number of methoxy groups -OCH3 is 1. The Morgan fingerprint density at radius 2 is 2.33 bits per heavy atom. The summed E-state index contributed by atoms with van der Waals surface area (Å²) in [7, 11) is 1.64. The van der Waals surface area contributed by atoms with Crippen LogP contribution in [0.2, 0.25) is 0 Å². The summed E-state index contributed by atoms with van der Waals surface area (Å²) in [6, 6.07) is 7.71. The van der Waals surface area contributed by atoms with E-state index in [0.717, 1.165) is 22.0 Å². The Labute approximate surface area is 118 Å². The van der Waals surface area contributed by atoms with E-state index < -0.39 is 0 Å². The molecule has 4 nitrogen and oxygen atoms in total. The number of nitrogens with zero attached hydrogens (tertiary/aromatic N) is 3. The van der Waals surface area contributed by atoms with Gasteiger partial charge in [-0.15, -0.1) is 0 Å². The Morgan fingerprint density at radius 1 is 1.44 bits per heavy atom. The van der Waals surface area contributed by atoms with E-state index in [1.54, 1.807) is 7.11 Å².